The molecule has 6 rings (SSSR count). The zero-order chi connectivity index (χ0) is 21.0. The zero-order valence-corrected chi connectivity index (χ0v) is 17.5. The van der Waals surface area contributed by atoms with Crippen LogP contribution in [-0.4, -0.2) is 63.4 Å². The highest BCUT2D eigenvalue weighted by Crippen LogP contribution is 2.57. The Morgan fingerprint density at radius 3 is 2.52 bits per heavy atom. The smallest absolute Gasteiger partial charge is 0.254 e. The van der Waals surface area contributed by atoms with Crippen molar-refractivity contribution >= 4 is 17.5 Å². The van der Waals surface area contributed by atoms with E-state index in [9.17, 15) is 4.79 Å². The summed E-state index contributed by atoms with van der Waals surface area (Å²) < 4.78 is 7.16. The summed E-state index contributed by atoms with van der Waals surface area (Å²) in [7, 11) is 1.89. The van der Waals surface area contributed by atoms with Gasteiger partial charge in [-0.3, -0.25) is 9.48 Å². The minimum atomic E-state index is 0.0654. The lowest BCUT2D eigenvalue weighted by Gasteiger charge is -2.27. The van der Waals surface area contributed by atoms with E-state index in [1.165, 1.54) is 18.4 Å². The van der Waals surface area contributed by atoms with Crippen LogP contribution < -0.4 is 4.90 Å². The van der Waals surface area contributed by atoms with Crippen molar-refractivity contribution in [2.75, 3.05) is 37.7 Å². The molecular weight excluding hydrogens is 392 g/mol. The summed E-state index contributed by atoms with van der Waals surface area (Å²) in [6, 6.07) is 6.14. The summed E-state index contributed by atoms with van der Waals surface area (Å²) in [5, 5.41) is 4.22. The normalized spacial score (nSPS) is 19.0. The molecule has 4 heterocycles. The fraction of sp³-hybridized carbons (Fsp3) is 0.391. The number of hydrogen-bond acceptors (Lipinski definition) is 6. The number of carbonyl (C=O) groups is 1. The Balaban J connectivity index is 1.33. The van der Waals surface area contributed by atoms with Gasteiger partial charge in [0.1, 0.15) is 0 Å². The molecule has 1 saturated heterocycles. The van der Waals surface area contributed by atoms with Crippen molar-refractivity contribution < 1.29 is 9.53 Å². The first-order chi connectivity index (χ1) is 15.1. The molecule has 2 aliphatic heterocycles. The monoisotopic (exact) mass is 416 g/mol. The number of morpholine rings is 1. The van der Waals surface area contributed by atoms with Crippen molar-refractivity contribution in [3.63, 3.8) is 0 Å². The van der Waals surface area contributed by atoms with Gasteiger partial charge in [-0.2, -0.15) is 5.10 Å². The van der Waals surface area contributed by atoms with E-state index in [1.807, 2.05) is 48.9 Å². The molecule has 158 valence electrons. The molecule has 31 heavy (non-hydrogen) atoms. The molecule has 8 nitrogen and oxygen atoms in total. The predicted octanol–water partition coefficient (Wildman–Crippen LogP) is 2.53. The van der Waals surface area contributed by atoms with E-state index >= 15 is 0 Å². The third kappa shape index (κ3) is 3.09. The van der Waals surface area contributed by atoms with E-state index < -0.39 is 0 Å². The zero-order valence-electron chi connectivity index (χ0n) is 17.5. The highest BCUT2D eigenvalue weighted by molar-refractivity contribution is 5.96. The van der Waals surface area contributed by atoms with Gasteiger partial charge >= 0.3 is 0 Å². The second kappa shape index (κ2) is 6.88. The van der Waals surface area contributed by atoms with Crippen molar-refractivity contribution in [1.29, 1.82) is 0 Å². The molecule has 1 saturated carbocycles. The molecule has 1 aromatic carbocycles. The average molecular weight is 416 g/mol. The van der Waals surface area contributed by atoms with Crippen LogP contribution in [0.3, 0.4) is 0 Å². The number of benzene rings is 1. The summed E-state index contributed by atoms with van der Waals surface area (Å²) in [6.07, 6.45) is 9.79. The molecule has 0 unspecified atom stereocenters. The molecule has 3 aliphatic rings. The largest absolute Gasteiger partial charge is 0.378 e. The van der Waals surface area contributed by atoms with E-state index in [0.717, 1.165) is 28.9 Å². The fourth-order valence-electron chi connectivity index (χ4n) is 4.70. The maximum atomic E-state index is 13.0. The topological polar surface area (TPSA) is 76.4 Å². The number of aryl methyl sites for hydroxylation is 1. The van der Waals surface area contributed by atoms with E-state index in [4.69, 9.17) is 4.74 Å². The first kappa shape index (κ1) is 18.5. The van der Waals surface area contributed by atoms with Crippen LogP contribution in [0.4, 0.5) is 11.6 Å². The van der Waals surface area contributed by atoms with Crippen LogP contribution in [-0.2, 0) is 17.2 Å². The predicted molar refractivity (Wildman–Crippen MR) is 115 cm³/mol. The lowest BCUT2D eigenvalue weighted by Crippen LogP contribution is -2.40. The fourth-order valence-corrected chi connectivity index (χ4v) is 4.70. The Morgan fingerprint density at radius 1 is 1.06 bits per heavy atom. The van der Waals surface area contributed by atoms with E-state index in [0.29, 0.717) is 32.3 Å². The summed E-state index contributed by atoms with van der Waals surface area (Å²) >= 11 is 0. The molecule has 8 heteroatoms. The summed E-state index contributed by atoms with van der Waals surface area (Å²) in [6.45, 7) is 3.35. The minimum Gasteiger partial charge on any atom is -0.378 e. The lowest BCUT2D eigenvalue weighted by atomic mass is 9.97. The molecule has 1 amide bonds. The highest BCUT2D eigenvalue weighted by atomic mass is 16.5. The van der Waals surface area contributed by atoms with Crippen molar-refractivity contribution in [3.05, 3.63) is 54.1 Å². The lowest BCUT2D eigenvalue weighted by molar-refractivity contribution is 0.0303. The van der Waals surface area contributed by atoms with Crippen molar-refractivity contribution in [2.24, 2.45) is 7.05 Å². The Labute approximate surface area is 180 Å². The number of nitrogens with zero attached hydrogens (tertiary/aromatic N) is 6. The second-order valence-electron chi connectivity index (χ2n) is 8.68. The number of hydrogen-bond donors (Lipinski definition) is 0. The Kier molecular flexibility index (Phi) is 4.11. The van der Waals surface area contributed by atoms with E-state index in [2.05, 4.69) is 26.0 Å². The molecule has 0 radical (unpaired) electrons. The molecule has 2 fully saturated rings. The quantitative estimate of drug-likeness (QED) is 0.653. The number of ether oxygens (including phenoxy) is 1. The highest BCUT2D eigenvalue weighted by Gasteiger charge is 2.52. The van der Waals surface area contributed by atoms with Crippen molar-refractivity contribution in [2.45, 2.75) is 18.3 Å². The van der Waals surface area contributed by atoms with Crippen LogP contribution in [0, 0.1) is 0 Å². The average Bonchev–Trinajstić information content (AvgIpc) is 3.35. The van der Waals surface area contributed by atoms with E-state index in [1.54, 1.807) is 4.68 Å². The van der Waals surface area contributed by atoms with Gasteiger partial charge in [-0.05, 0) is 30.5 Å². The Hall–Kier alpha value is -3.26. The molecule has 1 spiro atoms. The number of anilines is 2. The molecule has 3 aromatic rings. The van der Waals surface area contributed by atoms with Crippen LogP contribution in [0.5, 0.6) is 0 Å². The number of fused-ring (bicyclic) bond motifs is 2. The molecule has 0 N–H and O–H groups in total. The minimum absolute atomic E-state index is 0.0654. The summed E-state index contributed by atoms with van der Waals surface area (Å²) in [5.74, 6) is 0.740. The van der Waals surface area contributed by atoms with Crippen LogP contribution in [0.25, 0.3) is 11.1 Å². The van der Waals surface area contributed by atoms with E-state index in [-0.39, 0.29) is 11.3 Å². The van der Waals surface area contributed by atoms with Gasteiger partial charge in [-0.25, -0.2) is 9.97 Å². The van der Waals surface area contributed by atoms with Gasteiger partial charge in [0.05, 0.1) is 19.4 Å². The maximum absolute atomic E-state index is 13.0. The maximum Gasteiger partial charge on any atom is 0.254 e. The number of amides is 1. The van der Waals surface area contributed by atoms with Gasteiger partial charge in [0.25, 0.3) is 5.91 Å². The first-order valence-electron chi connectivity index (χ1n) is 10.7. The van der Waals surface area contributed by atoms with Gasteiger partial charge in [0.15, 0.2) is 0 Å². The van der Waals surface area contributed by atoms with Gasteiger partial charge in [-0.15, -0.1) is 0 Å². The second-order valence-corrected chi connectivity index (χ2v) is 8.68. The molecule has 0 bridgehead atoms. The number of aromatic nitrogens is 4. The molecular formula is C23H24N6O2. The third-order valence-corrected chi connectivity index (χ3v) is 6.64. The Morgan fingerprint density at radius 2 is 1.84 bits per heavy atom. The number of rotatable bonds is 3. The van der Waals surface area contributed by atoms with Gasteiger partial charge < -0.3 is 14.5 Å². The third-order valence-electron chi connectivity index (χ3n) is 6.64. The van der Waals surface area contributed by atoms with Crippen LogP contribution >= 0.6 is 0 Å². The van der Waals surface area contributed by atoms with Gasteiger partial charge in [0, 0.05) is 73.1 Å². The first-order valence-corrected chi connectivity index (χ1v) is 10.7. The van der Waals surface area contributed by atoms with Crippen molar-refractivity contribution in [3.8, 4) is 11.1 Å². The standard InChI is InChI=1S/C23H24N6O2/c1-27-14-18(13-26-27)17-11-24-22(25-12-17)29-15-23(4-5-23)19-3-2-16(10-20(19)29)21(30)28-6-8-31-9-7-28/h2-3,10-14H,4-9,15H2,1H3. The number of carbonyl (C=O) groups excluding carboxylic acids is 1. The van der Waals surface area contributed by atoms with Gasteiger partial charge in [-0.1, -0.05) is 6.07 Å². The SMILES string of the molecule is Cn1cc(-c2cnc(N3CC4(CC4)c4ccc(C(=O)N5CCOCC5)cc43)nc2)cn1. The van der Waals surface area contributed by atoms with Crippen molar-refractivity contribution in [1.82, 2.24) is 24.6 Å². The molecule has 0 atom stereocenters. The van der Waals surface area contributed by atoms with Crippen LogP contribution in [0.15, 0.2) is 43.0 Å². The summed E-state index contributed by atoms with van der Waals surface area (Å²) in [5.41, 5.74) is 5.20. The molecule has 1 aliphatic carbocycles. The summed E-state index contributed by atoms with van der Waals surface area (Å²) in [4.78, 5) is 26.4. The van der Waals surface area contributed by atoms with Crippen LogP contribution in [0.2, 0.25) is 0 Å². The molecule has 2 aromatic heterocycles. The van der Waals surface area contributed by atoms with Gasteiger partial charge in [0.2, 0.25) is 5.95 Å². The van der Waals surface area contributed by atoms with Crippen LogP contribution in [0.1, 0.15) is 28.8 Å². The Bertz CT molecular complexity index is 1150.